The van der Waals surface area contributed by atoms with E-state index in [0.29, 0.717) is 18.5 Å². The second-order valence-corrected chi connectivity index (χ2v) is 7.26. The third-order valence-corrected chi connectivity index (χ3v) is 5.76. The first-order valence-corrected chi connectivity index (χ1v) is 9.39. The topological polar surface area (TPSA) is 41.1 Å². The summed E-state index contributed by atoms with van der Waals surface area (Å²) in [7, 11) is 0. The van der Waals surface area contributed by atoms with Gasteiger partial charge in [-0.25, -0.2) is 4.79 Å². The van der Waals surface area contributed by atoms with Gasteiger partial charge in [0.25, 0.3) is 0 Å². The maximum Gasteiger partial charge on any atom is 0.315 e. The molecule has 2 unspecified atom stereocenters. The van der Waals surface area contributed by atoms with Gasteiger partial charge >= 0.3 is 6.03 Å². The van der Waals surface area contributed by atoms with Gasteiger partial charge in [-0.15, -0.1) is 0 Å². The first-order valence-electron chi connectivity index (χ1n) is 9.39. The van der Waals surface area contributed by atoms with Gasteiger partial charge in [-0.1, -0.05) is 56.9 Å². The van der Waals surface area contributed by atoms with Crippen LogP contribution in [-0.4, -0.2) is 12.1 Å². The Kier molecular flexibility index (Phi) is 5.58. The molecule has 0 heterocycles. The number of nitrogens with one attached hydrogen (secondary N) is 2. The second kappa shape index (κ2) is 7.85. The van der Waals surface area contributed by atoms with Gasteiger partial charge in [-0.3, -0.25) is 0 Å². The van der Waals surface area contributed by atoms with Gasteiger partial charge in [0.2, 0.25) is 0 Å². The first-order chi connectivity index (χ1) is 11.3. The Balaban J connectivity index is 1.44. The molecule has 2 aliphatic rings. The number of amides is 2. The van der Waals surface area contributed by atoms with Crippen molar-refractivity contribution in [2.45, 2.75) is 76.8 Å². The smallest absolute Gasteiger partial charge is 0.315 e. The van der Waals surface area contributed by atoms with E-state index in [4.69, 9.17) is 0 Å². The predicted octanol–water partition coefficient (Wildman–Crippen LogP) is 4.72. The lowest BCUT2D eigenvalue weighted by Crippen LogP contribution is -2.46. The van der Waals surface area contributed by atoms with Gasteiger partial charge in [0.05, 0.1) is 0 Å². The molecular weight excluding hydrogens is 284 g/mol. The summed E-state index contributed by atoms with van der Waals surface area (Å²) in [4.78, 5) is 12.2. The zero-order chi connectivity index (χ0) is 16.1. The minimum atomic E-state index is -0.0154. The summed E-state index contributed by atoms with van der Waals surface area (Å²) in [6.07, 6.45) is 10.1. The van der Waals surface area contributed by atoms with Crippen molar-refractivity contribution in [3.05, 3.63) is 35.4 Å². The van der Waals surface area contributed by atoms with E-state index in [1.807, 2.05) is 0 Å². The van der Waals surface area contributed by atoms with Crippen LogP contribution in [-0.2, 0) is 6.54 Å². The Labute approximate surface area is 140 Å². The molecular formula is C20H30N2O. The highest BCUT2D eigenvalue weighted by molar-refractivity contribution is 5.74. The third kappa shape index (κ3) is 4.27. The van der Waals surface area contributed by atoms with E-state index in [9.17, 15) is 4.79 Å². The molecule has 2 atom stereocenters. The van der Waals surface area contributed by atoms with Crippen LogP contribution < -0.4 is 10.6 Å². The summed E-state index contributed by atoms with van der Waals surface area (Å²) < 4.78 is 0. The molecule has 0 bridgehead atoms. The van der Waals surface area contributed by atoms with E-state index in [0.717, 1.165) is 18.8 Å². The monoisotopic (exact) mass is 314 g/mol. The SMILES string of the molecule is CCC1CCCCC1NC(=O)NCc1ccc(C2CCC2)cc1. The molecule has 1 aromatic rings. The van der Waals surface area contributed by atoms with Gasteiger partial charge in [-0.2, -0.15) is 0 Å². The van der Waals surface area contributed by atoms with E-state index in [2.05, 4.69) is 41.8 Å². The fraction of sp³-hybridized carbons (Fsp3) is 0.650. The number of urea groups is 1. The van der Waals surface area contributed by atoms with Crippen LogP contribution in [0, 0.1) is 5.92 Å². The molecule has 3 heteroatoms. The lowest BCUT2D eigenvalue weighted by atomic mass is 9.80. The molecule has 2 saturated carbocycles. The largest absolute Gasteiger partial charge is 0.335 e. The number of rotatable bonds is 5. The molecule has 1 aromatic carbocycles. The maximum absolute atomic E-state index is 12.2. The molecule has 0 aliphatic heterocycles. The van der Waals surface area contributed by atoms with Crippen LogP contribution in [0.15, 0.2) is 24.3 Å². The van der Waals surface area contributed by atoms with Crippen LogP contribution in [0.4, 0.5) is 4.79 Å². The standard InChI is InChI=1S/C20H30N2O/c1-2-16-6-3-4-9-19(16)22-20(23)21-14-15-10-12-18(13-11-15)17-7-5-8-17/h10-13,16-17,19H,2-9,14H2,1H3,(H2,21,22,23). The van der Waals surface area contributed by atoms with E-state index >= 15 is 0 Å². The molecule has 2 fully saturated rings. The van der Waals surface area contributed by atoms with E-state index in [1.54, 1.807) is 0 Å². The molecule has 23 heavy (non-hydrogen) atoms. The molecule has 0 saturated heterocycles. The molecule has 3 rings (SSSR count). The van der Waals surface area contributed by atoms with Crippen LogP contribution in [0.5, 0.6) is 0 Å². The van der Waals surface area contributed by atoms with Crippen molar-refractivity contribution in [1.82, 2.24) is 10.6 Å². The average Bonchev–Trinajstić information content (AvgIpc) is 2.53. The summed E-state index contributed by atoms with van der Waals surface area (Å²) in [5, 5.41) is 6.21. The van der Waals surface area contributed by atoms with Gasteiger partial charge in [0.15, 0.2) is 0 Å². The van der Waals surface area contributed by atoms with Crippen LogP contribution in [0.2, 0.25) is 0 Å². The van der Waals surface area contributed by atoms with E-state index in [-0.39, 0.29) is 6.03 Å². The van der Waals surface area contributed by atoms with Gasteiger partial charge in [0, 0.05) is 12.6 Å². The van der Waals surface area contributed by atoms with Crippen molar-refractivity contribution in [3.8, 4) is 0 Å². The lowest BCUT2D eigenvalue weighted by molar-refractivity contribution is 0.215. The van der Waals surface area contributed by atoms with Crippen LogP contribution >= 0.6 is 0 Å². The normalized spacial score (nSPS) is 24.7. The predicted molar refractivity (Wildman–Crippen MR) is 94.4 cm³/mol. The Morgan fingerprint density at radius 1 is 1.04 bits per heavy atom. The highest BCUT2D eigenvalue weighted by atomic mass is 16.2. The van der Waals surface area contributed by atoms with Crippen molar-refractivity contribution in [2.75, 3.05) is 0 Å². The van der Waals surface area contributed by atoms with Crippen molar-refractivity contribution in [2.24, 2.45) is 5.92 Å². The maximum atomic E-state index is 12.2. The number of hydrogen-bond acceptors (Lipinski definition) is 1. The molecule has 2 N–H and O–H groups in total. The average molecular weight is 314 g/mol. The van der Waals surface area contributed by atoms with E-state index < -0.39 is 0 Å². The minimum Gasteiger partial charge on any atom is -0.335 e. The van der Waals surface area contributed by atoms with Crippen molar-refractivity contribution in [3.63, 3.8) is 0 Å². The Hall–Kier alpha value is -1.51. The Morgan fingerprint density at radius 3 is 2.43 bits per heavy atom. The molecule has 126 valence electrons. The van der Waals surface area contributed by atoms with Gasteiger partial charge in [-0.05, 0) is 48.6 Å². The zero-order valence-corrected chi connectivity index (χ0v) is 14.3. The number of carbonyl (C=O) groups excluding carboxylic acids is 1. The van der Waals surface area contributed by atoms with Crippen LogP contribution in [0.1, 0.15) is 75.3 Å². The fourth-order valence-electron chi connectivity index (χ4n) is 3.94. The summed E-state index contributed by atoms with van der Waals surface area (Å²) in [5.74, 6) is 1.42. The quantitative estimate of drug-likeness (QED) is 0.811. The molecule has 0 spiro atoms. The molecule has 0 aromatic heterocycles. The molecule has 2 amide bonds. The highest BCUT2D eigenvalue weighted by Gasteiger charge is 2.24. The third-order valence-electron chi connectivity index (χ3n) is 5.76. The summed E-state index contributed by atoms with van der Waals surface area (Å²) >= 11 is 0. The zero-order valence-electron chi connectivity index (χ0n) is 14.3. The number of hydrogen-bond donors (Lipinski definition) is 2. The fourth-order valence-corrected chi connectivity index (χ4v) is 3.94. The molecule has 0 radical (unpaired) electrons. The number of carbonyl (C=O) groups is 1. The second-order valence-electron chi connectivity index (χ2n) is 7.26. The minimum absolute atomic E-state index is 0.0154. The Morgan fingerprint density at radius 2 is 1.78 bits per heavy atom. The number of benzene rings is 1. The lowest BCUT2D eigenvalue weighted by Gasteiger charge is -2.31. The van der Waals surface area contributed by atoms with Gasteiger partial charge < -0.3 is 10.6 Å². The van der Waals surface area contributed by atoms with Crippen molar-refractivity contribution in [1.29, 1.82) is 0 Å². The van der Waals surface area contributed by atoms with Crippen molar-refractivity contribution < 1.29 is 4.79 Å². The first kappa shape index (κ1) is 16.4. The highest BCUT2D eigenvalue weighted by Crippen LogP contribution is 2.36. The van der Waals surface area contributed by atoms with Crippen molar-refractivity contribution >= 4 is 6.03 Å². The van der Waals surface area contributed by atoms with Gasteiger partial charge in [0.1, 0.15) is 0 Å². The summed E-state index contributed by atoms with van der Waals surface area (Å²) in [5.41, 5.74) is 2.64. The summed E-state index contributed by atoms with van der Waals surface area (Å²) in [6.45, 7) is 2.84. The van der Waals surface area contributed by atoms with E-state index in [1.165, 1.54) is 49.7 Å². The molecule has 2 aliphatic carbocycles. The summed E-state index contributed by atoms with van der Waals surface area (Å²) in [6, 6.07) is 9.11. The van der Waals surface area contributed by atoms with Crippen LogP contribution in [0.25, 0.3) is 0 Å². The molecule has 3 nitrogen and oxygen atoms in total. The Bertz CT molecular complexity index is 507. The van der Waals surface area contributed by atoms with Crippen LogP contribution in [0.3, 0.4) is 0 Å².